The first-order chi connectivity index (χ1) is 13.3. The second-order valence-corrected chi connectivity index (χ2v) is 6.94. The van der Waals surface area contributed by atoms with Gasteiger partial charge in [0.15, 0.2) is 5.11 Å². The van der Waals surface area contributed by atoms with Crippen LogP contribution in [0.1, 0.15) is 32.9 Å². The van der Waals surface area contributed by atoms with Gasteiger partial charge in [-0.2, -0.15) is 5.10 Å². The van der Waals surface area contributed by atoms with Crippen molar-refractivity contribution in [3.63, 3.8) is 0 Å². The fraction of sp³-hybridized carbons (Fsp3) is 0.190. The number of hydrogen-bond donors (Lipinski definition) is 2. The number of rotatable bonds is 4. The summed E-state index contributed by atoms with van der Waals surface area (Å²) >= 11 is 5.15. The Kier molecular flexibility index (Phi) is 5.84. The fourth-order valence-corrected chi connectivity index (χ4v) is 3.17. The molecule has 2 aromatic carbocycles. The van der Waals surface area contributed by atoms with E-state index < -0.39 is 11.7 Å². The zero-order chi connectivity index (χ0) is 20.3. The highest BCUT2D eigenvalue weighted by atomic mass is 32.1. The van der Waals surface area contributed by atoms with Gasteiger partial charge in [-0.1, -0.05) is 24.3 Å². The van der Waals surface area contributed by atoms with E-state index >= 15 is 0 Å². The smallest absolute Gasteiger partial charge is 0.260 e. The molecule has 0 aliphatic heterocycles. The molecule has 144 valence electrons. The first kappa shape index (κ1) is 19.7. The summed E-state index contributed by atoms with van der Waals surface area (Å²) in [4.78, 5) is 12.1. The maximum Gasteiger partial charge on any atom is 0.260 e. The van der Waals surface area contributed by atoms with Crippen molar-refractivity contribution in [2.75, 3.05) is 5.32 Å². The largest absolute Gasteiger partial charge is 0.332 e. The molecule has 0 fully saturated rings. The highest BCUT2D eigenvalue weighted by molar-refractivity contribution is 7.80. The highest BCUT2D eigenvalue weighted by Crippen LogP contribution is 2.18. The van der Waals surface area contributed by atoms with E-state index in [-0.39, 0.29) is 10.7 Å². The lowest BCUT2D eigenvalue weighted by molar-refractivity contribution is 0.0974. The second-order valence-electron chi connectivity index (χ2n) is 6.53. The summed E-state index contributed by atoms with van der Waals surface area (Å²) in [5, 5.41) is 9.98. The van der Waals surface area contributed by atoms with Gasteiger partial charge >= 0.3 is 0 Å². The van der Waals surface area contributed by atoms with Crippen LogP contribution in [0.4, 0.5) is 10.1 Å². The van der Waals surface area contributed by atoms with Gasteiger partial charge in [0.1, 0.15) is 5.82 Å². The number of hydrogen-bond acceptors (Lipinski definition) is 3. The SMILES string of the molecule is Cc1nn(C)c(C)c1Cc1ccc(NC(=S)NC(=O)c2ccccc2F)cc1. The van der Waals surface area contributed by atoms with Gasteiger partial charge in [0.05, 0.1) is 11.3 Å². The Morgan fingerprint density at radius 2 is 1.82 bits per heavy atom. The van der Waals surface area contributed by atoms with Gasteiger partial charge in [-0.15, -0.1) is 0 Å². The third-order valence-corrected chi connectivity index (χ3v) is 4.80. The van der Waals surface area contributed by atoms with E-state index in [1.54, 1.807) is 6.07 Å². The minimum atomic E-state index is -0.590. The number of thiocarbonyl (C=S) groups is 1. The molecular formula is C21H21FN4OS. The highest BCUT2D eigenvalue weighted by Gasteiger charge is 2.13. The number of benzene rings is 2. The van der Waals surface area contributed by atoms with Gasteiger partial charge < -0.3 is 5.32 Å². The predicted octanol–water partition coefficient (Wildman–Crippen LogP) is 3.89. The quantitative estimate of drug-likeness (QED) is 0.657. The van der Waals surface area contributed by atoms with Crippen molar-refractivity contribution >= 4 is 28.9 Å². The third-order valence-electron chi connectivity index (χ3n) is 4.60. The summed E-state index contributed by atoms with van der Waals surface area (Å²) in [6, 6.07) is 13.5. The minimum Gasteiger partial charge on any atom is -0.332 e. The van der Waals surface area contributed by atoms with E-state index in [1.165, 1.54) is 23.8 Å². The van der Waals surface area contributed by atoms with Crippen molar-refractivity contribution in [2.24, 2.45) is 7.05 Å². The van der Waals surface area contributed by atoms with Crippen LogP contribution >= 0.6 is 12.2 Å². The summed E-state index contributed by atoms with van der Waals surface area (Å²) in [6.45, 7) is 4.07. The van der Waals surface area contributed by atoms with Crippen molar-refractivity contribution in [3.8, 4) is 0 Å². The Bertz CT molecular complexity index is 1030. The summed E-state index contributed by atoms with van der Waals surface area (Å²) in [5.74, 6) is -1.18. The molecule has 0 aliphatic carbocycles. The number of amides is 1. The number of nitrogens with zero attached hydrogens (tertiary/aromatic N) is 2. The van der Waals surface area contributed by atoms with E-state index in [2.05, 4.69) is 22.7 Å². The lowest BCUT2D eigenvalue weighted by Gasteiger charge is -2.11. The van der Waals surface area contributed by atoms with Crippen molar-refractivity contribution in [2.45, 2.75) is 20.3 Å². The maximum atomic E-state index is 13.7. The van der Waals surface area contributed by atoms with Crippen LogP contribution in [0.2, 0.25) is 0 Å². The molecule has 1 aromatic heterocycles. The summed E-state index contributed by atoms with van der Waals surface area (Å²) in [5.41, 5.74) is 5.23. The van der Waals surface area contributed by atoms with Gasteiger partial charge in [-0.05, 0) is 55.9 Å². The number of carbonyl (C=O) groups is 1. The molecule has 0 spiro atoms. The predicted molar refractivity (Wildman–Crippen MR) is 112 cm³/mol. The molecule has 3 rings (SSSR count). The molecule has 7 heteroatoms. The number of aryl methyl sites for hydroxylation is 2. The van der Waals surface area contributed by atoms with E-state index in [9.17, 15) is 9.18 Å². The van der Waals surface area contributed by atoms with Gasteiger partial charge in [-0.25, -0.2) is 4.39 Å². The van der Waals surface area contributed by atoms with Gasteiger partial charge in [0.2, 0.25) is 0 Å². The van der Waals surface area contributed by atoms with Crippen LogP contribution in [0.15, 0.2) is 48.5 Å². The maximum absolute atomic E-state index is 13.7. The topological polar surface area (TPSA) is 59.0 Å². The van der Waals surface area contributed by atoms with Crippen molar-refractivity contribution < 1.29 is 9.18 Å². The van der Waals surface area contributed by atoms with Crippen molar-refractivity contribution in [3.05, 3.63) is 82.4 Å². The Morgan fingerprint density at radius 1 is 1.14 bits per heavy atom. The van der Waals surface area contributed by atoms with E-state index in [1.807, 2.05) is 42.9 Å². The van der Waals surface area contributed by atoms with Crippen LogP contribution < -0.4 is 10.6 Å². The monoisotopic (exact) mass is 396 g/mol. The molecule has 0 bridgehead atoms. The van der Waals surface area contributed by atoms with Crippen LogP contribution in [-0.4, -0.2) is 20.8 Å². The Hall–Kier alpha value is -3.06. The standard InChI is InChI=1S/C21H21FN4OS/c1-13-18(14(2)26(3)25-13)12-15-8-10-16(11-9-15)23-21(28)24-20(27)17-6-4-5-7-19(17)22/h4-11H,12H2,1-3H3,(H2,23,24,27,28). The Morgan fingerprint density at radius 3 is 2.43 bits per heavy atom. The number of halogens is 1. The first-order valence-electron chi connectivity index (χ1n) is 8.80. The van der Waals surface area contributed by atoms with E-state index in [0.29, 0.717) is 0 Å². The Balaban J connectivity index is 1.61. The summed E-state index contributed by atoms with van der Waals surface area (Å²) in [6.07, 6.45) is 0.792. The lowest BCUT2D eigenvalue weighted by atomic mass is 10.0. The van der Waals surface area contributed by atoms with Crippen LogP contribution in [0.25, 0.3) is 0 Å². The molecule has 5 nitrogen and oxygen atoms in total. The molecule has 1 amide bonds. The van der Waals surface area contributed by atoms with Crippen molar-refractivity contribution in [1.29, 1.82) is 0 Å². The number of anilines is 1. The zero-order valence-electron chi connectivity index (χ0n) is 15.9. The summed E-state index contributed by atoms with van der Waals surface area (Å²) in [7, 11) is 1.94. The van der Waals surface area contributed by atoms with Gasteiger partial charge in [-0.3, -0.25) is 14.8 Å². The molecule has 3 aromatic rings. The van der Waals surface area contributed by atoms with Crippen LogP contribution in [0, 0.1) is 19.7 Å². The molecule has 0 saturated carbocycles. The molecule has 0 radical (unpaired) electrons. The van der Waals surface area contributed by atoms with Gasteiger partial charge in [0.25, 0.3) is 5.91 Å². The molecule has 0 aliphatic rings. The summed E-state index contributed by atoms with van der Waals surface area (Å²) < 4.78 is 15.6. The molecule has 0 unspecified atom stereocenters. The average Bonchev–Trinajstić information content (AvgIpc) is 2.89. The van der Waals surface area contributed by atoms with Crippen LogP contribution in [0.5, 0.6) is 0 Å². The number of carbonyl (C=O) groups excluding carboxylic acids is 1. The molecule has 28 heavy (non-hydrogen) atoms. The second kappa shape index (κ2) is 8.31. The van der Waals surface area contributed by atoms with E-state index in [0.717, 1.165) is 29.1 Å². The first-order valence-corrected chi connectivity index (χ1v) is 9.21. The number of nitrogens with one attached hydrogen (secondary N) is 2. The molecular weight excluding hydrogens is 375 g/mol. The zero-order valence-corrected chi connectivity index (χ0v) is 16.7. The molecule has 2 N–H and O–H groups in total. The van der Waals surface area contributed by atoms with Crippen LogP contribution in [-0.2, 0) is 13.5 Å². The minimum absolute atomic E-state index is 0.0517. The van der Waals surface area contributed by atoms with Crippen molar-refractivity contribution in [1.82, 2.24) is 15.1 Å². The molecule has 0 atom stereocenters. The van der Waals surface area contributed by atoms with E-state index in [4.69, 9.17) is 12.2 Å². The molecule has 1 heterocycles. The normalized spacial score (nSPS) is 10.6. The van der Waals surface area contributed by atoms with Gasteiger partial charge in [0, 0.05) is 30.4 Å². The fourth-order valence-electron chi connectivity index (χ4n) is 2.96. The third kappa shape index (κ3) is 4.43. The number of aromatic nitrogens is 2. The average molecular weight is 396 g/mol. The molecule has 0 saturated heterocycles. The van der Waals surface area contributed by atoms with Crippen LogP contribution in [0.3, 0.4) is 0 Å². The Labute approximate surface area is 168 Å². The lowest BCUT2D eigenvalue weighted by Crippen LogP contribution is -2.34.